The molecule has 1 heterocycles. The van der Waals surface area contributed by atoms with E-state index in [4.69, 9.17) is 11.6 Å². The third-order valence-electron chi connectivity index (χ3n) is 2.82. The number of hydrogen-bond donors (Lipinski definition) is 1. The van der Waals surface area contributed by atoms with Gasteiger partial charge in [-0.2, -0.15) is 8.75 Å². The van der Waals surface area contributed by atoms with Gasteiger partial charge >= 0.3 is 0 Å². The van der Waals surface area contributed by atoms with Crippen LogP contribution in [0.3, 0.4) is 0 Å². The zero-order valence-electron chi connectivity index (χ0n) is 7.51. The number of nitrogens with one attached hydrogen (secondary N) is 1. The summed E-state index contributed by atoms with van der Waals surface area (Å²) in [5.41, 5.74) is 0.249. The Kier molecular flexibility index (Phi) is 2.43. The molecule has 0 atom stereocenters. The van der Waals surface area contributed by atoms with Crippen LogP contribution in [-0.2, 0) is 0 Å². The first-order valence-corrected chi connectivity index (χ1v) is 5.63. The van der Waals surface area contributed by atoms with E-state index in [1.54, 1.807) is 0 Å². The van der Waals surface area contributed by atoms with E-state index in [0.717, 1.165) is 24.0 Å². The van der Waals surface area contributed by atoms with Gasteiger partial charge in [-0.25, -0.2) is 0 Å². The van der Waals surface area contributed by atoms with Crippen molar-refractivity contribution in [1.82, 2.24) is 8.75 Å². The van der Waals surface area contributed by atoms with Crippen molar-refractivity contribution >= 4 is 29.1 Å². The average Bonchev–Trinajstić information content (AvgIpc) is 2.44. The van der Waals surface area contributed by atoms with Crippen LogP contribution in [0, 0.1) is 0 Å². The second-order valence-corrected chi connectivity index (χ2v) is 4.40. The molecule has 0 unspecified atom stereocenters. The highest BCUT2D eigenvalue weighted by Crippen LogP contribution is 2.38. The van der Waals surface area contributed by atoms with Crippen LogP contribution in [0.25, 0.3) is 0 Å². The van der Waals surface area contributed by atoms with Gasteiger partial charge in [0, 0.05) is 5.54 Å². The summed E-state index contributed by atoms with van der Waals surface area (Å²) in [6, 6.07) is 0. The molecule has 13 heavy (non-hydrogen) atoms. The van der Waals surface area contributed by atoms with Crippen molar-refractivity contribution < 1.29 is 0 Å². The Labute approximate surface area is 86.8 Å². The number of anilines is 1. The first-order valence-electron chi connectivity index (χ1n) is 4.52. The molecule has 0 amide bonds. The molecule has 72 valence electrons. The standard InChI is InChI=1S/C8H12ClN3S/c1-2-8(4-3-5-8)10-7-6(9)11-13-12-7/h2-5H2,1H3,(H,10,12). The molecule has 0 spiro atoms. The molecule has 0 bridgehead atoms. The minimum atomic E-state index is 0.249. The Morgan fingerprint density at radius 3 is 2.69 bits per heavy atom. The number of rotatable bonds is 3. The number of aromatic nitrogens is 2. The summed E-state index contributed by atoms with van der Waals surface area (Å²) < 4.78 is 8.05. The maximum absolute atomic E-state index is 5.86. The molecular weight excluding hydrogens is 206 g/mol. The predicted octanol–water partition coefficient (Wildman–Crippen LogP) is 2.94. The zero-order chi connectivity index (χ0) is 9.31. The highest BCUT2D eigenvalue weighted by molar-refractivity contribution is 6.99. The van der Waals surface area contributed by atoms with Crippen LogP contribution in [0.5, 0.6) is 0 Å². The molecule has 1 fully saturated rings. The van der Waals surface area contributed by atoms with Crippen LogP contribution >= 0.6 is 23.3 Å². The van der Waals surface area contributed by atoms with Gasteiger partial charge in [-0.1, -0.05) is 18.5 Å². The fourth-order valence-corrected chi connectivity index (χ4v) is 2.32. The minimum Gasteiger partial charge on any atom is -0.361 e. The Morgan fingerprint density at radius 1 is 1.54 bits per heavy atom. The van der Waals surface area contributed by atoms with Crippen molar-refractivity contribution in [3.63, 3.8) is 0 Å². The third-order valence-corrected chi connectivity index (χ3v) is 3.71. The van der Waals surface area contributed by atoms with Gasteiger partial charge in [-0.3, -0.25) is 0 Å². The lowest BCUT2D eigenvalue weighted by Gasteiger charge is -2.42. The van der Waals surface area contributed by atoms with Crippen LogP contribution in [0.1, 0.15) is 32.6 Å². The molecule has 1 aromatic rings. The van der Waals surface area contributed by atoms with Gasteiger partial charge in [0.1, 0.15) is 0 Å². The predicted molar refractivity (Wildman–Crippen MR) is 55.4 cm³/mol. The molecule has 1 saturated carbocycles. The molecule has 1 aliphatic carbocycles. The van der Waals surface area contributed by atoms with Gasteiger partial charge in [-0.05, 0) is 25.7 Å². The topological polar surface area (TPSA) is 37.8 Å². The number of hydrogen-bond acceptors (Lipinski definition) is 4. The molecule has 3 nitrogen and oxygen atoms in total. The van der Waals surface area contributed by atoms with Crippen molar-refractivity contribution in [2.24, 2.45) is 0 Å². The molecule has 0 saturated heterocycles. The molecule has 0 aromatic carbocycles. The number of halogens is 1. The second-order valence-electron chi connectivity index (χ2n) is 3.52. The average molecular weight is 218 g/mol. The SMILES string of the molecule is CCC1(Nc2nsnc2Cl)CCC1. The molecule has 1 aromatic heterocycles. The summed E-state index contributed by atoms with van der Waals surface area (Å²) in [5, 5.41) is 3.90. The minimum absolute atomic E-state index is 0.249. The van der Waals surface area contributed by atoms with Crippen LogP contribution in [-0.4, -0.2) is 14.3 Å². The van der Waals surface area contributed by atoms with Gasteiger partial charge < -0.3 is 5.32 Å². The maximum atomic E-state index is 5.86. The highest BCUT2D eigenvalue weighted by Gasteiger charge is 2.35. The fourth-order valence-electron chi connectivity index (χ4n) is 1.67. The van der Waals surface area contributed by atoms with E-state index in [9.17, 15) is 0 Å². The Morgan fingerprint density at radius 2 is 2.31 bits per heavy atom. The molecule has 5 heteroatoms. The Balaban J connectivity index is 2.08. The van der Waals surface area contributed by atoms with Crippen LogP contribution in [0.2, 0.25) is 5.15 Å². The first kappa shape index (κ1) is 9.21. The van der Waals surface area contributed by atoms with E-state index in [0.29, 0.717) is 5.15 Å². The van der Waals surface area contributed by atoms with Gasteiger partial charge in [0.05, 0.1) is 11.7 Å². The van der Waals surface area contributed by atoms with E-state index in [-0.39, 0.29) is 5.54 Å². The van der Waals surface area contributed by atoms with Crippen molar-refractivity contribution in [3.05, 3.63) is 5.15 Å². The normalized spacial score (nSPS) is 19.5. The lowest BCUT2D eigenvalue weighted by molar-refractivity contribution is 0.269. The summed E-state index contributed by atoms with van der Waals surface area (Å²) in [6.07, 6.45) is 4.87. The lowest BCUT2D eigenvalue weighted by atomic mass is 9.75. The van der Waals surface area contributed by atoms with Crippen LogP contribution < -0.4 is 5.32 Å². The fraction of sp³-hybridized carbons (Fsp3) is 0.750. The quantitative estimate of drug-likeness (QED) is 0.846. The molecule has 1 N–H and O–H groups in total. The van der Waals surface area contributed by atoms with E-state index in [2.05, 4.69) is 21.0 Å². The summed E-state index contributed by atoms with van der Waals surface area (Å²) >= 11 is 7.02. The highest BCUT2D eigenvalue weighted by atomic mass is 35.5. The zero-order valence-corrected chi connectivity index (χ0v) is 9.08. The molecule has 2 rings (SSSR count). The summed E-state index contributed by atoms with van der Waals surface area (Å²) in [5.74, 6) is 0.758. The van der Waals surface area contributed by atoms with E-state index in [1.807, 2.05) is 0 Å². The lowest BCUT2D eigenvalue weighted by Crippen LogP contribution is -2.44. The smallest absolute Gasteiger partial charge is 0.186 e. The van der Waals surface area contributed by atoms with Gasteiger partial charge in [0.15, 0.2) is 11.0 Å². The van der Waals surface area contributed by atoms with Crippen molar-refractivity contribution in [1.29, 1.82) is 0 Å². The van der Waals surface area contributed by atoms with Crippen LogP contribution in [0.15, 0.2) is 0 Å². The Bertz CT molecular complexity index is 290. The van der Waals surface area contributed by atoms with Crippen molar-refractivity contribution in [2.75, 3.05) is 5.32 Å². The second kappa shape index (κ2) is 3.42. The van der Waals surface area contributed by atoms with E-state index < -0.39 is 0 Å². The van der Waals surface area contributed by atoms with Gasteiger partial charge in [-0.15, -0.1) is 0 Å². The van der Waals surface area contributed by atoms with Gasteiger partial charge in [0.2, 0.25) is 0 Å². The third kappa shape index (κ3) is 1.65. The summed E-state index contributed by atoms with van der Waals surface area (Å²) in [4.78, 5) is 0. The van der Waals surface area contributed by atoms with E-state index >= 15 is 0 Å². The molecule has 1 aliphatic rings. The summed E-state index contributed by atoms with van der Waals surface area (Å²) in [7, 11) is 0. The van der Waals surface area contributed by atoms with Crippen molar-refractivity contribution in [2.45, 2.75) is 38.1 Å². The van der Waals surface area contributed by atoms with Gasteiger partial charge in [0.25, 0.3) is 0 Å². The first-order chi connectivity index (χ1) is 6.26. The largest absolute Gasteiger partial charge is 0.361 e. The summed E-state index contributed by atoms with van der Waals surface area (Å²) in [6.45, 7) is 2.19. The maximum Gasteiger partial charge on any atom is 0.186 e. The van der Waals surface area contributed by atoms with Crippen LogP contribution in [0.4, 0.5) is 5.82 Å². The molecule has 0 aliphatic heterocycles. The molecule has 0 radical (unpaired) electrons. The van der Waals surface area contributed by atoms with E-state index in [1.165, 1.54) is 19.3 Å². The monoisotopic (exact) mass is 217 g/mol. The Hall–Kier alpha value is -0.350. The number of nitrogens with zero attached hydrogens (tertiary/aromatic N) is 2. The molecular formula is C8H12ClN3S. The van der Waals surface area contributed by atoms with Crippen molar-refractivity contribution in [3.8, 4) is 0 Å².